The van der Waals surface area contributed by atoms with Gasteiger partial charge in [0.1, 0.15) is 11.6 Å². The van der Waals surface area contributed by atoms with Crippen molar-refractivity contribution in [2.24, 2.45) is 5.10 Å². The molecule has 0 fully saturated rings. The highest BCUT2D eigenvalue weighted by Gasteiger charge is 2.00. The molecule has 0 spiro atoms. The molecule has 0 saturated carbocycles. The molecule has 4 nitrogen and oxygen atoms in total. The van der Waals surface area contributed by atoms with Crippen LogP contribution in [0.1, 0.15) is 18.2 Å². The van der Waals surface area contributed by atoms with Crippen molar-refractivity contribution >= 4 is 23.0 Å². The van der Waals surface area contributed by atoms with Crippen LogP contribution in [0.15, 0.2) is 52.2 Å². The highest BCUT2D eigenvalue weighted by molar-refractivity contribution is 7.80. The molecule has 20 heavy (non-hydrogen) atoms. The Labute approximate surface area is 121 Å². The highest BCUT2D eigenvalue weighted by atomic mass is 32.1. The molecule has 2 N–H and O–H groups in total. The van der Waals surface area contributed by atoms with E-state index in [-0.39, 0.29) is 5.82 Å². The maximum Gasteiger partial charge on any atom is 0.187 e. The first-order valence-electron chi connectivity index (χ1n) is 6.01. The summed E-state index contributed by atoms with van der Waals surface area (Å²) < 4.78 is 18.0. The molecule has 0 aliphatic heterocycles. The lowest BCUT2D eigenvalue weighted by Crippen LogP contribution is -2.32. The van der Waals surface area contributed by atoms with E-state index < -0.39 is 0 Å². The van der Waals surface area contributed by atoms with E-state index in [0.717, 1.165) is 11.3 Å². The summed E-state index contributed by atoms with van der Waals surface area (Å²) in [5.41, 5.74) is 4.27. The lowest BCUT2D eigenvalue weighted by Gasteiger charge is -2.06. The van der Waals surface area contributed by atoms with E-state index in [0.29, 0.717) is 17.4 Å². The van der Waals surface area contributed by atoms with Crippen molar-refractivity contribution < 1.29 is 8.81 Å². The molecule has 2 rings (SSSR count). The zero-order valence-electron chi connectivity index (χ0n) is 10.9. The van der Waals surface area contributed by atoms with Gasteiger partial charge in [-0.15, -0.1) is 0 Å². The normalized spacial score (nSPS) is 11.2. The summed E-state index contributed by atoms with van der Waals surface area (Å²) in [7, 11) is 0. The summed E-state index contributed by atoms with van der Waals surface area (Å²) in [4.78, 5) is 0. The first-order chi connectivity index (χ1) is 9.65. The fourth-order valence-corrected chi connectivity index (χ4v) is 1.63. The van der Waals surface area contributed by atoms with Gasteiger partial charge in [0.05, 0.1) is 18.5 Å². The SMILES string of the molecule is CC(=NNC(=S)NCc1ccco1)c1ccc(F)cc1. The lowest BCUT2D eigenvalue weighted by molar-refractivity contribution is 0.502. The first kappa shape index (κ1) is 14.2. The molecule has 0 unspecified atom stereocenters. The molecule has 1 aromatic heterocycles. The zero-order chi connectivity index (χ0) is 14.4. The van der Waals surface area contributed by atoms with Crippen LogP contribution in [0.3, 0.4) is 0 Å². The first-order valence-corrected chi connectivity index (χ1v) is 6.42. The largest absolute Gasteiger partial charge is 0.467 e. The minimum Gasteiger partial charge on any atom is -0.467 e. The number of hydrogen-bond donors (Lipinski definition) is 2. The molecule has 0 bridgehead atoms. The second kappa shape index (κ2) is 6.81. The number of nitrogens with zero attached hydrogens (tertiary/aromatic N) is 1. The lowest BCUT2D eigenvalue weighted by atomic mass is 10.1. The summed E-state index contributed by atoms with van der Waals surface area (Å²) in [6, 6.07) is 9.76. The summed E-state index contributed by atoms with van der Waals surface area (Å²) in [5.74, 6) is 0.513. The molecule has 0 aliphatic rings. The van der Waals surface area contributed by atoms with Gasteiger partial charge in [0.2, 0.25) is 0 Å². The maximum atomic E-state index is 12.8. The fraction of sp³-hybridized carbons (Fsp3) is 0.143. The molecule has 0 aliphatic carbocycles. The average Bonchev–Trinajstić information content (AvgIpc) is 2.96. The molecule has 6 heteroatoms. The molecule has 0 radical (unpaired) electrons. The number of rotatable bonds is 4. The summed E-state index contributed by atoms with van der Waals surface area (Å²) in [6.07, 6.45) is 1.60. The van der Waals surface area contributed by atoms with E-state index in [2.05, 4.69) is 15.8 Å². The quantitative estimate of drug-likeness (QED) is 0.517. The number of furan rings is 1. The van der Waals surface area contributed by atoms with Crippen LogP contribution >= 0.6 is 12.2 Å². The smallest absolute Gasteiger partial charge is 0.187 e. The van der Waals surface area contributed by atoms with E-state index in [1.54, 1.807) is 18.4 Å². The maximum absolute atomic E-state index is 12.8. The number of benzene rings is 1. The van der Waals surface area contributed by atoms with Gasteiger partial charge in [-0.05, 0) is 49.0 Å². The zero-order valence-corrected chi connectivity index (χ0v) is 11.7. The fourth-order valence-electron chi connectivity index (χ4n) is 1.51. The Morgan fingerprint density at radius 3 is 2.70 bits per heavy atom. The molecule has 2 aromatic rings. The second-order valence-electron chi connectivity index (χ2n) is 4.08. The predicted octanol–water partition coefficient (Wildman–Crippen LogP) is 2.81. The van der Waals surface area contributed by atoms with Gasteiger partial charge in [-0.1, -0.05) is 12.1 Å². The number of thiocarbonyl (C=S) groups is 1. The van der Waals surface area contributed by atoms with Crippen LogP contribution in [0.2, 0.25) is 0 Å². The molecule has 104 valence electrons. The third kappa shape index (κ3) is 4.17. The molecule has 0 atom stereocenters. The summed E-state index contributed by atoms with van der Waals surface area (Å²) in [5, 5.41) is 7.49. The van der Waals surface area contributed by atoms with Gasteiger partial charge >= 0.3 is 0 Å². The number of hydrazone groups is 1. The van der Waals surface area contributed by atoms with Crippen LogP contribution in [0, 0.1) is 5.82 Å². The van der Waals surface area contributed by atoms with Crippen LogP contribution in [0.4, 0.5) is 4.39 Å². The third-order valence-electron chi connectivity index (χ3n) is 2.59. The standard InChI is InChI=1S/C14H14FN3OS/c1-10(11-4-6-12(15)7-5-11)17-18-14(20)16-9-13-3-2-8-19-13/h2-8H,9H2,1H3,(H2,16,18,20). The van der Waals surface area contributed by atoms with E-state index in [1.807, 2.05) is 19.1 Å². The van der Waals surface area contributed by atoms with Crippen LogP contribution in [0.25, 0.3) is 0 Å². The van der Waals surface area contributed by atoms with Gasteiger partial charge in [0, 0.05) is 0 Å². The number of nitrogens with one attached hydrogen (secondary N) is 2. The topological polar surface area (TPSA) is 49.6 Å². The molecule has 0 saturated heterocycles. The van der Waals surface area contributed by atoms with Gasteiger partial charge in [0.15, 0.2) is 5.11 Å². The van der Waals surface area contributed by atoms with Crippen molar-refractivity contribution in [3.05, 3.63) is 59.8 Å². The van der Waals surface area contributed by atoms with E-state index in [4.69, 9.17) is 16.6 Å². The Bertz CT molecular complexity index is 593. The van der Waals surface area contributed by atoms with Crippen molar-refractivity contribution in [1.29, 1.82) is 0 Å². The van der Waals surface area contributed by atoms with Gasteiger partial charge in [-0.2, -0.15) is 5.10 Å². The third-order valence-corrected chi connectivity index (χ3v) is 2.83. The molecular weight excluding hydrogens is 277 g/mol. The van der Waals surface area contributed by atoms with Crippen molar-refractivity contribution in [1.82, 2.24) is 10.7 Å². The van der Waals surface area contributed by atoms with Gasteiger partial charge in [-0.3, -0.25) is 5.43 Å². The Balaban J connectivity index is 1.85. The second-order valence-corrected chi connectivity index (χ2v) is 4.49. The van der Waals surface area contributed by atoms with Crippen LogP contribution in [-0.2, 0) is 6.54 Å². The van der Waals surface area contributed by atoms with Crippen molar-refractivity contribution in [3.63, 3.8) is 0 Å². The monoisotopic (exact) mass is 291 g/mol. The van der Waals surface area contributed by atoms with Crippen LogP contribution in [0.5, 0.6) is 0 Å². The van der Waals surface area contributed by atoms with Crippen molar-refractivity contribution in [2.75, 3.05) is 0 Å². The van der Waals surface area contributed by atoms with Crippen molar-refractivity contribution in [2.45, 2.75) is 13.5 Å². The highest BCUT2D eigenvalue weighted by Crippen LogP contribution is 2.03. The van der Waals surface area contributed by atoms with Gasteiger partial charge < -0.3 is 9.73 Å². The average molecular weight is 291 g/mol. The van der Waals surface area contributed by atoms with Gasteiger partial charge in [0.25, 0.3) is 0 Å². The Hall–Kier alpha value is -2.21. The number of hydrogen-bond acceptors (Lipinski definition) is 3. The van der Waals surface area contributed by atoms with E-state index in [9.17, 15) is 4.39 Å². The van der Waals surface area contributed by atoms with Crippen LogP contribution in [-0.4, -0.2) is 10.8 Å². The Kier molecular flexibility index (Phi) is 4.84. The molecular formula is C14H14FN3OS. The van der Waals surface area contributed by atoms with Crippen LogP contribution < -0.4 is 10.7 Å². The molecule has 1 heterocycles. The van der Waals surface area contributed by atoms with E-state index in [1.165, 1.54) is 12.1 Å². The number of halogens is 1. The minimum atomic E-state index is -0.273. The Morgan fingerprint density at radius 1 is 1.30 bits per heavy atom. The molecule has 1 aromatic carbocycles. The van der Waals surface area contributed by atoms with Crippen molar-refractivity contribution in [3.8, 4) is 0 Å². The predicted molar refractivity (Wildman–Crippen MR) is 79.9 cm³/mol. The summed E-state index contributed by atoms with van der Waals surface area (Å²) >= 11 is 5.09. The van der Waals surface area contributed by atoms with Gasteiger partial charge in [-0.25, -0.2) is 4.39 Å². The molecule has 0 amide bonds. The summed E-state index contributed by atoms with van der Waals surface area (Å²) in [6.45, 7) is 2.30. The minimum absolute atomic E-state index is 0.273. The Morgan fingerprint density at radius 2 is 2.05 bits per heavy atom. The van der Waals surface area contributed by atoms with E-state index >= 15 is 0 Å².